The van der Waals surface area contributed by atoms with Gasteiger partial charge in [-0.05, 0) is 35.7 Å². The highest BCUT2D eigenvalue weighted by Crippen LogP contribution is 2.31. The summed E-state index contributed by atoms with van der Waals surface area (Å²) < 4.78 is 11.1. The van der Waals surface area contributed by atoms with Gasteiger partial charge in [-0.15, -0.1) is 5.10 Å². The summed E-state index contributed by atoms with van der Waals surface area (Å²) in [7, 11) is 0. The summed E-state index contributed by atoms with van der Waals surface area (Å²) in [6.07, 6.45) is 0.278. The van der Waals surface area contributed by atoms with E-state index in [1.54, 1.807) is 4.90 Å². The van der Waals surface area contributed by atoms with E-state index in [9.17, 15) is 9.59 Å². The van der Waals surface area contributed by atoms with Crippen LogP contribution in [0.1, 0.15) is 43.6 Å². The quantitative estimate of drug-likeness (QED) is 0.625. The molecule has 8 nitrogen and oxygen atoms in total. The standard InChI is InChI=1S/C23H24N4O4/c1-15(2)16-8-10-19(11-9-16)30-14-20(28)24-23-26-25-22(31-23)17-12-21(29)27(13-17)18-6-4-3-5-7-18/h3-11,15,17H,12-14H2,1-2H3,(H,24,26,28). The van der Waals surface area contributed by atoms with Crippen molar-refractivity contribution in [1.29, 1.82) is 0 Å². The number of nitrogens with one attached hydrogen (secondary N) is 1. The zero-order valence-electron chi connectivity index (χ0n) is 17.4. The first-order valence-electron chi connectivity index (χ1n) is 10.2. The monoisotopic (exact) mass is 420 g/mol. The van der Waals surface area contributed by atoms with Crippen LogP contribution < -0.4 is 15.0 Å². The summed E-state index contributed by atoms with van der Waals surface area (Å²) in [5, 5.41) is 10.4. The van der Waals surface area contributed by atoms with Crippen LogP contribution in [-0.2, 0) is 9.59 Å². The summed E-state index contributed by atoms with van der Waals surface area (Å²) in [6, 6.07) is 17.1. The zero-order valence-corrected chi connectivity index (χ0v) is 17.4. The molecule has 1 aromatic heterocycles. The lowest BCUT2D eigenvalue weighted by Crippen LogP contribution is -2.24. The van der Waals surface area contributed by atoms with Gasteiger partial charge in [0.1, 0.15) is 5.75 Å². The van der Waals surface area contributed by atoms with Gasteiger partial charge in [-0.3, -0.25) is 14.9 Å². The maximum Gasteiger partial charge on any atom is 0.322 e. The minimum Gasteiger partial charge on any atom is -0.484 e. The highest BCUT2D eigenvalue weighted by molar-refractivity contribution is 5.96. The van der Waals surface area contributed by atoms with Crippen molar-refractivity contribution >= 4 is 23.5 Å². The number of carbonyl (C=O) groups is 2. The summed E-state index contributed by atoms with van der Waals surface area (Å²) >= 11 is 0. The lowest BCUT2D eigenvalue weighted by molar-refractivity contribution is -0.118. The van der Waals surface area contributed by atoms with Crippen LogP contribution in [-0.4, -0.2) is 35.2 Å². The van der Waals surface area contributed by atoms with E-state index in [4.69, 9.17) is 9.15 Å². The minimum absolute atomic E-state index is 0.00290. The largest absolute Gasteiger partial charge is 0.484 e. The first kappa shape index (κ1) is 20.6. The topological polar surface area (TPSA) is 97.6 Å². The molecule has 1 aliphatic rings. The first-order valence-corrected chi connectivity index (χ1v) is 10.2. The van der Waals surface area contributed by atoms with Crippen LogP contribution in [0.5, 0.6) is 5.75 Å². The number of rotatable bonds is 7. The van der Waals surface area contributed by atoms with E-state index in [2.05, 4.69) is 29.4 Å². The molecule has 2 heterocycles. The lowest BCUT2D eigenvalue weighted by Gasteiger charge is -2.15. The molecule has 1 N–H and O–H groups in total. The Morgan fingerprint density at radius 3 is 2.61 bits per heavy atom. The highest BCUT2D eigenvalue weighted by atomic mass is 16.5. The molecule has 1 aliphatic heterocycles. The fraction of sp³-hybridized carbons (Fsp3) is 0.304. The zero-order chi connectivity index (χ0) is 21.8. The number of nitrogens with zero attached hydrogens (tertiary/aromatic N) is 3. The van der Waals surface area contributed by atoms with Crippen molar-refractivity contribution < 1.29 is 18.7 Å². The summed E-state index contributed by atoms with van der Waals surface area (Å²) in [5.74, 6) is 0.734. The van der Waals surface area contributed by atoms with E-state index in [1.807, 2.05) is 54.6 Å². The Balaban J connectivity index is 1.31. The van der Waals surface area contributed by atoms with Gasteiger partial charge in [0, 0.05) is 18.7 Å². The molecule has 0 bridgehead atoms. The maximum atomic E-state index is 12.4. The molecule has 0 radical (unpaired) electrons. The molecule has 1 atom stereocenters. The van der Waals surface area contributed by atoms with Crippen molar-refractivity contribution in [2.75, 3.05) is 23.4 Å². The van der Waals surface area contributed by atoms with Crippen molar-refractivity contribution in [1.82, 2.24) is 10.2 Å². The predicted octanol–water partition coefficient (Wildman–Crippen LogP) is 3.73. The number of amides is 2. The van der Waals surface area contributed by atoms with Crippen LogP contribution >= 0.6 is 0 Å². The van der Waals surface area contributed by atoms with Crippen molar-refractivity contribution in [3.05, 3.63) is 66.1 Å². The van der Waals surface area contributed by atoms with Gasteiger partial charge >= 0.3 is 6.01 Å². The van der Waals surface area contributed by atoms with Crippen LogP contribution in [0.3, 0.4) is 0 Å². The average Bonchev–Trinajstić information content (AvgIpc) is 3.39. The molecule has 3 aromatic rings. The number of hydrogen-bond donors (Lipinski definition) is 1. The van der Waals surface area contributed by atoms with Crippen molar-refractivity contribution in [2.45, 2.75) is 32.1 Å². The van der Waals surface area contributed by atoms with E-state index < -0.39 is 5.91 Å². The SMILES string of the molecule is CC(C)c1ccc(OCC(=O)Nc2nnc(C3CC(=O)N(c4ccccc4)C3)o2)cc1. The van der Waals surface area contributed by atoms with Gasteiger partial charge in [0.05, 0.1) is 5.92 Å². The second-order valence-electron chi connectivity index (χ2n) is 7.75. The number of carbonyl (C=O) groups excluding carboxylic acids is 2. The summed E-state index contributed by atoms with van der Waals surface area (Å²) in [5.41, 5.74) is 2.04. The third-order valence-electron chi connectivity index (χ3n) is 5.15. The van der Waals surface area contributed by atoms with Crippen LogP contribution in [0.25, 0.3) is 0 Å². The Bertz CT molecular complexity index is 1050. The highest BCUT2D eigenvalue weighted by Gasteiger charge is 2.35. The Morgan fingerprint density at radius 1 is 1.16 bits per heavy atom. The number of para-hydroxylation sites is 1. The molecule has 1 saturated heterocycles. The van der Waals surface area contributed by atoms with E-state index >= 15 is 0 Å². The van der Waals surface area contributed by atoms with Crippen LogP contribution in [0.4, 0.5) is 11.7 Å². The normalized spacial score (nSPS) is 16.0. The third kappa shape index (κ3) is 4.91. The second-order valence-corrected chi connectivity index (χ2v) is 7.75. The van der Waals surface area contributed by atoms with E-state index in [0.717, 1.165) is 5.69 Å². The van der Waals surface area contributed by atoms with Crippen LogP contribution in [0, 0.1) is 0 Å². The molecule has 31 heavy (non-hydrogen) atoms. The van der Waals surface area contributed by atoms with Gasteiger partial charge in [0.25, 0.3) is 5.91 Å². The maximum absolute atomic E-state index is 12.4. The van der Waals surface area contributed by atoms with Crippen molar-refractivity contribution in [2.24, 2.45) is 0 Å². The van der Waals surface area contributed by atoms with Gasteiger partial charge in [-0.2, -0.15) is 0 Å². The number of benzene rings is 2. The number of hydrogen-bond acceptors (Lipinski definition) is 6. The first-order chi connectivity index (χ1) is 15.0. The van der Waals surface area contributed by atoms with Crippen molar-refractivity contribution in [3.63, 3.8) is 0 Å². The van der Waals surface area contributed by atoms with Crippen LogP contribution in [0.15, 0.2) is 59.0 Å². The minimum atomic E-state index is -0.406. The molecule has 2 amide bonds. The van der Waals surface area contributed by atoms with E-state index in [0.29, 0.717) is 24.1 Å². The second kappa shape index (κ2) is 8.99. The summed E-state index contributed by atoms with van der Waals surface area (Å²) in [6.45, 7) is 4.50. The molecule has 160 valence electrons. The molecule has 0 spiro atoms. The Labute approximate surface area is 180 Å². The number of anilines is 2. The molecule has 1 unspecified atom stereocenters. The van der Waals surface area contributed by atoms with E-state index in [1.165, 1.54) is 5.56 Å². The number of ether oxygens (including phenoxy) is 1. The molecule has 2 aromatic carbocycles. The predicted molar refractivity (Wildman–Crippen MR) is 115 cm³/mol. The van der Waals surface area contributed by atoms with E-state index in [-0.39, 0.29) is 30.9 Å². The molecular weight excluding hydrogens is 396 g/mol. The van der Waals surface area contributed by atoms with Gasteiger partial charge in [-0.25, -0.2) is 0 Å². The Hall–Kier alpha value is -3.68. The fourth-order valence-electron chi connectivity index (χ4n) is 3.43. The van der Waals surface area contributed by atoms with Crippen LogP contribution in [0.2, 0.25) is 0 Å². The molecular formula is C23H24N4O4. The van der Waals surface area contributed by atoms with Gasteiger partial charge in [0.15, 0.2) is 6.61 Å². The molecule has 8 heteroatoms. The van der Waals surface area contributed by atoms with Crippen molar-refractivity contribution in [3.8, 4) is 5.75 Å². The smallest absolute Gasteiger partial charge is 0.322 e. The molecule has 4 rings (SSSR count). The Morgan fingerprint density at radius 2 is 1.90 bits per heavy atom. The van der Waals surface area contributed by atoms with Gasteiger partial charge < -0.3 is 14.1 Å². The molecule has 1 fully saturated rings. The van der Waals surface area contributed by atoms with Gasteiger partial charge in [0.2, 0.25) is 11.8 Å². The number of aromatic nitrogens is 2. The average molecular weight is 420 g/mol. The third-order valence-corrected chi connectivity index (χ3v) is 5.15. The molecule has 0 aliphatic carbocycles. The lowest BCUT2D eigenvalue weighted by atomic mass is 10.0. The Kier molecular flexibility index (Phi) is 5.97. The fourth-order valence-corrected chi connectivity index (χ4v) is 3.43. The molecule has 0 saturated carbocycles. The van der Waals surface area contributed by atoms with Gasteiger partial charge in [-0.1, -0.05) is 49.3 Å². The summed E-state index contributed by atoms with van der Waals surface area (Å²) in [4.78, 5) is 26.2.